The highest BCUT2D eigenvalue weighted by atomic mass is 15.3. The van der Waals surface area contributed by atoms with Crippen LogP contribution in [0.1, 0.15) is 46.1 Å². The second-order valence-electron chi connectivity index (χ2n) is 8.19. The Bertz CT molecular complexity index is 606. The summed E-state index contributed by atoms with van der Waals surface area (Å²) in [5.74, 6) is 2.63. The molecule has 3 heterocycles. The Morgan fingerprint density at radius 1 is 1.26 bits per heavy atom. The molecule has 0 radical (unpaired) electrons. The maximum atomic E-state index is 4.80. The zero-order valence-electron chi connectivity index (χ0n) is 17.4. The molecule has 27 heavy (non-hydrogen) atoms. The molecule has 2 atom stereocenters. The Labute approximate surface area is 164 Å². The van der Waals surface area contributed by atoms with Crippen molar-refractivity contribution < 1.29 is 0 Å². The standard InChI is InChI=1S/C21H36N6/c1-5-22-21(25-19-15-27(16(2)3)14-17(19)4)24-13-18-8-9-20(23-12-18)26-10-6-7-11-26/h8-9,12,16-17,19H,5-7,10-11,13-15H2,1-4H3,(H2,22,24,25). The highest BCUT2D eigenvalue weighted by Crippen LogP contribution is 2.19. The Kier molecular flexibility index (Phi) is 6.94. The third kappa shape index (κ3) is 5.34. The van der Waals surface area contributed by atoms with E-state index in [1.807, 2.05) is 6.20 Å². The van der Waals surface area contributed by atoms with Crippen molar-refractivity contribution in [1.29, 1.82) is 0 Å². The molecule has 0 saturated carbocycles. The van der Waals surface area contributed by atoms with Crippen LogP contribution in [0.3, 0.4) is 0 Å². The molecule has 0 bridgehead atoms. The molecule has 150 valence electrons. The zero-order valence-corrected chi connectivity index (χ0v) is 17.4. The van der Waals surface area contributed by atoms with Gasteiger partial charge < -0.3 is 15.5 Å². The largest absolute Gasteiger partial charge is 0.357 e. The van der Waals surface area contributed by atoms with E-state index in [2.05, 4.69) is 65.2 Å². The molecule has 2 saturated heterocycles. The number of hydrogen-bond acceptors (Lipinski definition) is 4. The first-order valence-electron chi connectivity index (χ1n) is 10.6. The number of aromatic nitrogens is 1. The summed E-state index contributed by atoms with van der Waals surface area (Å²) in [5.41, 5.74) is 1.15. The van der Waals surface area contributed by atoms with Gasteiger partial charge in [0.05, 0.1) is 6.54 Å². The molecule has 2 aliphatic rings. The van der Waals surface area contributed by atoms with E-state index in [1.165, 1.54) is 12.8 Å². The van der Waals surface area contributed by atoms with Crippen molar-refractivity contribution in [1.82, 2.24) is 20.5 Å². The van der Waals surface area contributed by atoms with Crippen LogP contribution in [0.2, 0.25) is 0 Å². The highest BCUT2D eigenvalue weighted by molar-refractivity contribution is 5.80. The van der Waals surface area contributed by atoms with Gasteiger partial charge >= 0.3 is 0 Å². The van der Waals surface area contributed by atoms with Crippen LogP contribution in [0.5, 0.6) is 0 Å². The van der Waals surface area contributed by atoms with Crippen LogP contribution in [-0.4, -0.2) is 60.7 Å². The van der Waals surface area contributed by atoms with Crippen LogP contribution in [0.4, 0.5) is 5.82 Å². The van der Waals surface area contributed by atoms with Crippen molar-refractivity contribution in [2.24, 2.45) is 10.9 Å². The molecule has 2 aliphatic heterocycles. The van der Waals surface area contributed by atoms with Gasteiger partial charge in [-0.2, -0.15) is 0 Å². The molecule has 1 aromatic rings. The van der Waals surface area contributed by atoms with Gasteiger partial charge in [0, 0.05) is 51.0 Å². The zero-order chi connectivity index (χ0) is 19.2. The molecule has 6 heteroatoms. The van der Waals surface area contributed by atoms with E-state index in [4.69, 9.17) is 4.99 Å². The summed E-state index contributed by atoms with van der Waals surface area (Å²) < 4.78 is 0. The van der Waals surface area contributed by atoms with E-state index in [-0.39, 0.29) is 0 Å². The molecule has 1 aromatic heterocycles. The second-order valence-corrected chi connectivity index (χ2v) is 8.19. The average Bonchev–Trinajstić information content (AvgIpc) is 3.31. The van der Waals surface area contributed by atoms with Crippen molar-refractivity contribution in [3.05, 3.63) is 23.9 Å². The Morgan fingerprint density at radius 2 is 2.04 bits per heavy atom. The lowest BCUT2D eigenvalue weighted by Crippen LogP contribution is -2.46. The number of likely N-dealkylation sites (tertiary alicyclic amines) is 1. The normalized spacial score (nSPS) is 24.0. The van der Waals surface area contributed by atoms with E-state index in [9.17, 15) is 0 Å². The topological polar surface area (TPSA) is 55.8 Å². The first kappa shape index (κ1) is 19.9. The number of nitrogens with zero attached hydrogens (tertiary/aromatic N) is 4. The van der Waals surface area contributed by atoms with E-state index in [0.29, 0.717) is 24.5 Å². The number of anilines is 1. The van der Waals surface area contributed by atoms with Crippen molar-refractivity contribution in [3.8, 4) is 0 Å². The van der Waals surface area contributed by atoms with Crippen molar-refractivity contribution in [2.75, 3.05) is 37.6 Å². The van der Waals surface area contributed by atoms with Gasteiger partial charge in [-0.3, -0.25) is 4.90 Å². The van der Waals surface area contributed by atoms with E-state index >= 15 is 0 Å². The first-order chi connectivity index (χ1) is 13.1. The highest BCUT2D eigenvalue weighted by Gasteiger charge is 2.31. The third-order valence-corrected chi connectivity index (χ3v) is 5.70. The van der Waals surface area contributed by atoms with E-state index < -0.39 is 0 Å². The molecule has 3 rings (SSSR count). The number of rotatable bonds is 6. The third-order valence-electron chi connectivity index (χ3n) is 5.70. The predicted octanol–water partition coefficient (Wildman–Crippen LogP) is 2.47. The molecule has 2 N–H and O–H groups in total. The van der Waals surface area contributed by atoms with Gasteiger partial charge in [-0.1, -0.05) is 13.0 Å². The van der Waals surface area contributed by atoms with Gasteiger partial charge in [0.25, 0.3) is 0 Å². The summed E-state index contributed by atoms with van der Waals surface area (Å²) in [5, 5.41) is 7.04. The summed E-state index contributed by atoms with van der Waals surface area (Å²) in [4.78, 5) is 14.3. The minimum atomic E-state index is 0.445. The van der Waals surface area contributed by atoms with Gasteiger partial charge in [-0.05, 0) is 51.2 Å². The maximum absolute atomic E-state index is 4.80. The maximum Gasteiger partial charge on any atom is 0.191 e. The molecule has 2 unspecified atom stereocenters. The average molecular weight is 373 g/mol. The molecule has 0 aliphatic carbocycles. The predicted molar refractivity (Wildman–Crippen MR) is 113 cm³/mol. The molecule has 2 fully saturated rings. The molecule has 6 nitrogen and oxygen atoms in total. The van der Waals surface area contributed by atoms with E-state index in [1.54, 1.807) is 0 Å². The monoisotopic (exact) mass is 372 g/mol. The number of pyridine rings is 1. The SMILES string of the molecule is CCNC(=NCc1ccc(N2CCCC2)nc1)NC1CN(C(C)C)CC1C. The van der Waals surface area contributed by atoms with Crippen molar-refractivity contribution in [3.63, 3.8) is 0 Å². The second kappa shape index (κ2) is 9.40. The van der Waals surface area contributed by atoms with Crippen molar-refractivity contribution >= 4 is 11.8 Å². The molecule has 0 spiro atoms. The van der Waals surface area contributed by atoms with E-state index in [0.717, 1.165) is 50.1 Å². The quantitative estimate of drug-likeness (QED) is 0.593. The van der Waals surface area contributed by atoms with Crippen LogP contribution in [0.25, 0.3) is 0 Å². The van der Waals surface area contributed by atoms with Crippen LogP contribution in [-0.2, 0) is 6.54 Å². The summed E-state index contributed by atoms with van der Waals surface area (Å²) >= 11 is 0. The smallest absolute Gasteiger partial charge is 0.191 e. The fraction of sp³-hybridized carbons (Fsp3) is 0.714. The van der Waals surface area contributed by atoms with Gasteiger partial charge in [0.15, 0.2) is 5.96 Å². The van der Waals surface area contributed by atoms with Crippen LogP contribution in [0.15, 0.2) is 23.3 Å². The fourth-order valence-corrected chi connectivity index (χ4v) is 3.92. The molecular formula is C21H36N6. The minimum absolute atomic E-state index is 0.445. The summed E-state index contributed by atoms with van der Waals surface area (Å²) in [6.07, 6.45) is 4.53. The van der Waals surface area contributed by atoms with Crippen LogP contribution < -0.4 is 15.5 Å². The number of guanidine groups is 1. The van der Waals surface area contributed by atoms with Crippen molar-refractivity contribution in [2.45, 2.75) is 59.2 Å². The number of aliphatic imine (C=N–C) groups is 1. The Hall–Kier alpha value is -1.82. The lowest BCUT2D eigenvalue weighted by Gasteiger charge is -2.22. The Morgan fingerprint density at radius 3 is 2.63 bits per heavy atom. The van der Waals surface area contributed by atoms with Crippen LogP contribution in [0, 0.1) is 5.92 Å². The summed E-state index contributed by atoms with van der Waals surface area (Å²) in [6.45, 7) is 15.0. The fourth-order valence-electron chi connectivity index (χ4n) is 3.92. The lowest BCUT2D eigenvalue weighted by molar-refractivity contribution is 0.265. The summed E-state index contributed by atoms with van der Waals surface area (Å²) in [6, 6.07) is 5.34. The molecule has 0 aromatic carbocycles. The van der Waals surface area contributed by atoms with Gasteiger partial charge in [0.1, 0.15) is 5.82 Å². The number of nitrogens with one attached hydrogen (secondary N) is 2. The van der Waals surface area contributed by atoms with Gasteiger partial charge in [0.2, 0.25) is 0 Å². The molecule has 0 amide bonds. The first-order valence-corrected chi connectivity index (χ1v) is 10.6. The summed E-state index contributed by atoms with van der Waals surface area (Å²) in [7, 11) is 0. The number of hydrogen-bond donors (Lipinski definition) is 2. The lowest BCUT2D eigenvalue weighted by atomic mass is 10.1. The Balaban J connectivity index is 1.58. The van der Waals surface area contributed by atoms with Gasteiger partial charge in [-0.25, -0.2) is 9.98 Å². The van der Waals surface area contributed by atoms with Gasteiger partial charge in [-0.15, -0.1) is 0 Å². The molecular weight excluding hydrogens is 336 g/mol. The van der Waals surface area contributed by atoms with Crippen LogP contribution >= 0.6 is 0 Å². The minimum Gasteiger partial charge on any atom is -0.357 e.